The molecule has 11 nitrogen and oxygen atoms in total. The maximum atomic E-state index is 7.91. The quantitative estimate of drug-likeness (QED) is 0.106. The van der Waals surface area contributed by atoms with Gasteiger partial charge in [0, 0.05) is 0 Å². The number of rotatable bonds is 12. The van der Waals surface area contributed by atoms with Crippen molar-refractivity contribution >= 4 is 128 Å². The molecule has 0 N–H and O–H groups in total. The number of hydrogen-bond acceptors (Lipinski definition) is 11. The average Bonchev–Trinajstić information content (AvgIpc) is 3.08. The monoisotopic (exact) mass is 1010 g/mol. The number of hydrogen-bond donors (Lipinski definition) is 0. The molecule has 0 saturated carbocycles. The first-order valence-electron chi connectivity index (χ1n) is 19.5. The normalized spacial score (nSPS) is 24.6. The Morgan fingerprint density at radius 1 is 0.373 bits per heavy atom. The number of fused-ring (bicyclic) bond motifs is 4. The molecule has 0 amide bonds. The van der Waals surface area contributed by atoms with Crippen molar-refractivity contribution in [2.24, 2.45) is 0 Å². The second kappa shape index (κ2) is 17.3. The lowest BCUT2D eigenvalue weighted by Gasteiger charge is -2.55. The van der Waals surface area contributed by atoms with E-state index in [0.717, 1.165) is 20.7 Å². The predicted molar refractivity (Wildman–Crippen MR) is 256 cm³/mol. The van der Waals surface area contributed by atoms with Gasteiger partial charge < -0.3 is 45.3 Å². The Hall–Kier alpha value is -0.811. The Morgan fingerprint density at radius 3 is 0.831 bits per heavy atom. The molecule has 2 aliphatic heterocycles. The fraction of sp³-hybridized carbons (Fsp3) is 0.333. The lowest BCUT2D eigenvalue weighted by molar-refractivity contribution is 0.0446. The topological polar surface area (TPSA) is 102 Å². The van der Waals surface area contributed by atoms with Gasteiger partial charge in [0.05, 0.1) is 0 Å². The van der Waals surface area contributed by atoms with Gasteiger partial charge in [-0.05, 0) is 99.3 Å². The summed E-state index contributed by atoms with van der Waals surface area (Å²) in [6, 6.07) is 39.2. The van der Waals surface area contributed by atoms with Gasteiger partial charge >= 0.3 is 69.5 Å². The first-order valence-corrected chi connectivity index (χ1v) is 45.5. The molecule has 320 valence electrons. The molecule has 2 heterocycles. The standard InChI is InChI=1S/C36H56Cl2O11Si10/c1-50(2,37)39-52(5,6)42-58-44-54(9,10)41-55(11,12)45-59(43-53(7,8)40-51(3,4)38,48-56(46-58,33-25-17-13-18-26-33)34-27-19-14-20-28-34)49-57(47-58,35-29-21-15-22-30-35)36-31-23-16-24-32-36/h13-32H,1-12H3. The van der Waals surface area contributed by atoms with Gasteiger partial charge in [-0.2, -0.15) is 0 Å². The smallest absolute Gasteiger partial charge is 0.425 e. The van der Waals surface area contributed by atoms with Crippen molar-refractivity contribution in [3.63, 3.8) is 0 Å². The molecule has 0 aromatic heterocycles. The van der Waals surface area contributed by atoms with E-state index in [4.69, 9.17) is 67.4 Å². The zero-order valence-corrected chi connectivity index (χ0v) is 47.3. The van der Waals surface area contributed by atoms with E-state index in [1.165, 1.54) is 0 Å². The molecular formula is C36H56Cl2O11Si10. The SMILES string of the molecule is C[Si](C)(Cl)O[Si](C)(C)O[Si]12O[Si](C)(C)O[Si](C)(C)O[Si](O[Si](C)(C)O[Si](C)(C)Cl)(O[Si](c3ccccc3)(c3ccccc3)O1)O[Si](c1ccccc1)(c1ccccc1)O2. The summed E-state index contributed by atoms with van der Waals surface area (Å²) in [6.45, 7) is 23.2. The van der Waals surface area contributed by atoms with Crippen LogP contribution in [0.3, 0.4) is 0 Å². The first kappa shape index (κ1) is 47.7. The van der Waals surface area contributed by atoms with Crippen molar-refractivity contribution in [1.82, 2.24) is 0 Å². The predicted octanol–water partition coefficient (Wildman–Crippen LogP) is 7.27. The fourth-order valence-corrected chi connectivity index (χ4v) is 56.9. The van der Waals surface area contributed by atoms with Crippen LogP contribution in [0.25, 0.3) is 0 Å². The minimum Gasteiger partial charge on any atom is -0.425 e. The van der Waals surface area contributed by atoms with E-state index >= 15 is 0 Å². The maximum absolute atomic E-state index is 7.91. The van der Waals surface area contributed by atoms with Gasteiger partial charge in [0.15, 0.2) is 0 Å². The molecular weight excluding hydrogens is 960 g/mol. The highest BCUT2D eigenvalue weighted by Crippen LogP contribution is 2.41. The van der Waals surface area contributed by atoms with Crippen LogP contribution in [0.2, 0.25) is 78.6 Å². The third-order valence-electron chi connectivity index (χ3n) is 8.64. The van der Waals surface area contributed by atoms with Crippen LogP contribution < -0.4 is 20.7 Å². The third-order valence-corrected chi connectivity index (χ3v) is 46.6. The van der Waals surface area contributed by atoms with E-state index in [9.17, 15) is 0 Å². The van der Waals surface area contributed by atoms with Gasteiger partial charge in [-0.25, -0.2) is 0 Å². The summed E-state index contributed by atoms with van der Waals surface area (Å²) in [7, 11) is -36.9. The van der Waals surface area contributed by atoms with E-state index in [2.05, 4.69) is 0 Å². The molecule has 0 aliphatic carbocycles. The molecule has 2 bridgehead atoms. The summed E-state index contributed by atoms with van der Waals surface area (Å²) >= 11 is 13.9. The van der Waals surface area contributed by atoms with Gasteiger partial charge in [0.25, 0.3) is 15.3 Å². The van der Waals surface area contributed by atoms with E-state index in [-0.39, 0.29) is 0 Å². The van der Waals surface area contributed by atoms with Crippen molar-refractivity contribution in [1.29, 1.82) is 0 Å². The lowest BCUT2D eigenvalue weighted by atomic mass is 10.4. The van der Waals surface area contributed by atoms with Crippen LogP contribution in [0.15, 0.2) is 121 Å². The molecule has 59 heavy (non-hydrogen) atoms. The summed E-state index contributed by atoms with van der Waals surface area (Å²) in [5, 5.41) is 2.89. The van der Waals surface area contributed by atoms with E-state index in [1.54, 1.807) is 0 Å². The summed E-state index contributed by atoms with van der Waals surface area (Å²) in [5.41, 5.74) is 0. The Labute approximate surface area is 370 Å². The molecule has 2 saturated heterocycles. The Balaban J connectivity index is 1.82. The van der Waals surface area contributed by atoms with Crippen molar-refractivity contribution < 1.29 is 45.3 Å². The fourth-order valence-electron chi connectivity index (χ4n) is 7.48. The van der Waals surface area contributed by atoms with Crippen LogP contribution in [-0.2, 0) is 45.3 Å². The van der Waals surface area contributed by atoms with E-state index < -0.39 is 84.7 Å². The maximum Gasteiger partial charge on any atom is 0.644 e. The molecule has 0 unspecified atom stereocenters. The summed E-state index contributed by atoms with van der Waals surface area (Å²) in [5.74, 6) is 0. The van der Waals surface area contributed by atoms with Crippen LogP contribution >= 0.6 is 22.2 Å². The highest BCUT2D eigenvalue weighted by atomic mass is 35.6. The molecule has 2 aliphatic rings. The number of halogens is 2. The van der Waals surface area contributed by atoms with Gasteiger partial charge in [0.1, 0.15) is 0 Å². The van der Waals surface area contributed by atoms with Crippen molar-refractivity contribution in [2.45, 2.75) is 78.6 Å². The molecule has 0 spiro atoms. The Morgan fingerprint density at radius 2 is 0.610 bits per heavy atom. The summed E-state index contributed by atoms with van der Waals surface area (Å²) < 4.78 is 82.0. The number of benzene rings is 4. The van der Waals surface area contributed by atoms with Gasteiger partial charge in [0.2, 0.25) is 0 Å². The molecule has 2 fully saturated rings. The average molecular weight is 1020 g/mol. The molecule has 6 rings (SSSR count). The Kier molecular flexibility index (Phi) is 14.0. The third kappa shape index (κ3) is 11.9. The minimum atomic E-state index is -4.74. The molecule has 23 heteroatoms. The zero-order valence-electron chi connectivity index (χ0n) is 35.8. The molecule has 0 atom stereocenters. The van der Waals surface area contributed by atoms with Crippen molar-refractivity contribution in [3.05, 3.63) is 121 Å². The summed E-state index contributed by atoms with van der Waals surface area (Å²) in [6.07, 6.45) is 0. The minimum absolute atomic E-state index is 0.723. The second-order valence-corrected chi connectivity index (χ2v) is 55.0. The van der Waals surface area contributed by atoms with E-state index in [0.29, 0.717) is 0 Å². The van der Waals surface area contributed by atoms with Crippen LogP contribution in [0.1, 0.15) is 0 Å². The van der Waals surface area contributed by atoms with Crippen LogP contribution in [0.5, 0.6) is 0 Å². The van der Waals surface area contributed by atoms with Crippen LogP contribution in [0, 0.1) is 0 Å². The van der Waals surface area contributed by atoms with Gasteiger partial charge in [-0.3, -0.25) is 0 Å². The second-order valence-electron chi connectivity index (χ2n) is 17.1. The molecule has 4 aromatic rings. The molecule has 0 radical (unpaired) electrons. The summed E-state index contributed by atoms with van der Waals surface area (Å²) in [4.78, 5) is 0. The first-order chi connectivity index (χ1) is 27.2. The molecule has 4 aromatic carbocycles. The van der Waals surface area contributed by atoms with Crippen LogP contribution in [-0.4, -0.2) is 84.7 Å². The highest BCUT2D eigenvalue weighted by molar-refractivity contribution is 7.18. The van der Waals surface area contributed by atoms with Gasteiger partial charge in [-0.15, -0.1) is 22.2 Å². The Bertz CT molecular complexity index is 1780. The zero-order chi connectivity index (χ0) is 43.2. The van der Waals surface area contributed by atoms with Crippen LogP contribution in [0.4, 0.5) is 0 Å². The lowest BCUT2D eigenvalue weighted by Crippen LogP contribution is -2.86. The largest absolute Gasteiger partial charge is 0.644 e. The highest BCUT2D eigenvalue weighted by Gasteiger charge is 2.75. The van der Waals surface area contributed by atoms with Crippen molar-refractivity contribution in [2.75, 3.05) is 0 Å². The van der Waals surface area contributed by atoms with Crippen molar-refractivity contribution in [3.8, 4) is 0 Å². The van der Waals surface area contributed by atoms with E-state index in [1.807, 2.05) is 200 Å². The van der Waals surface area contributed by atoms with Gasteiger partial charge in [-0.1, -0.05) is 121 Å².